The van der Waals surface area contributed by atoms with E-state index in [0.29, 0.717) is 0 Å². The Labute approximate surface area is 135 Å². The van der Waals surface area contributed by atoms with Crippen LogP contribution in [0.5, 0.6) is 5.75 Å². The molecule has 22 heavy (non-hydrogen) atoms. The van der Waals surface area contributed by atoms with Crippen LogP contribution in [0.3, 0.4) is 0 Å². The largest absolute Gasteiger partial charge is 0.497 e. The normalized spacial score (nSPS) is 10.4. The van der Waals surface area contributed by atoms with Gasteiger partial charge in [-0.2, -0.15) is 0 Å². The van der Waals surface area contributed by atoms with E-state index in [9.17, 15) is 0 Å². The van der Waals surface area contributed by atoms with Crippen LogP contribution in [0.1, 0.15) is 5.56 Å². The Hall–Kier alpha value is -2.26. The second-order valence-corrected chi connectivity index (χ2v) is 5.82. The van der Waals surface area contributed by atoms with Crippen LogP contribution >= 0.6 is 11.8 Å². The lowest BCUT2D eigenvalue weighted by Gasteiger charge is -2.08. The molecule has 0 bridgehead atoms. The standard InChI is InChI=1S/C19H17NOS/c1-21-17-11-9-15(10-12-17)14-22-19-18(8-5-13-20-19)16-6-3-2-4-7-16/h2-13H,14H2,1H3. The van der Waals surface area contributed by atoms with Gasteiger partial charge in [0.15, 0.2) is 0 Å². The quantitative estimate of drug-likeness (QED) is 0.616. The lowest BCUT2D eigenvalue weighted by molar-refractivity contribution is 0.414. The zero-order chi connectivity index (χ0) is 15.2. The maximum absolute atomic E-state index is 5.19. The Bertz CT molecular complexity index is 726. The van der Waals surface area contributed by atoms with E-state index in [0.717, 1.165) is 16.5 Å². The second kappa shape index (κ2) is 7.14. The van der Waals surface area contributed by atoms with E-state index in [-0.39, 0.29) is 0 Å². The van der Waals surface area contributed by atoms with E-state index < -0.39 is 0 Å². The number of methoxy groups -OCH3 is 1. The number of pyridine rings is 1. The number of hydrogen-bond donors (Lipinski definition) is 0. The molecule has 2 nitrogen and oxygen atoms in total. The predicted molar refractivity (Wildman–Crippen MR) is 92.2 cm³/mol. The van der Waals surface area contributed by atoms with Crippen molar-refractivity contribution in [2.45, 2.75) is 10.8 Å². The highest BCUT2D eigenvalue weighted by molar-refractivity contribution is 7.98. The van der Waals surface area contributed by atoms with Gasteiger partial charge in [0.05, 0.1) is 7.11 Å². The van der Waals surface area contributed by atoms with E-state index in [1.54, 1.807) is 18.9 Å². The molecule has 2 aromatic carbocycles. The molecule has 0 aliphatic carbocycles. The number of thioether (sulfide) groups is 1. The first-order chi connectivity index (χ1) is 10.9. The van der Waals surface area contributed by atoms with E-state index in [1.807, 2.05) is 30.5 Å². The van der Waals surface area contributed by atoms with Gasteiger partial charge in [0.2, 0.25) is 0 Å². The van der Waals surface area contributed by atoms with Crippen LogP contribution < -0.4 is 4.74 Å². The number of aromatic nitrogens is 1. The molecular formula is C19H17NOS. The summed E-state index contributed by atoms with van der Waals surface area (Å²) in [5.41, 5.74) is 3.64. The first-order valence-corrected chi connectivity index (χ1v) is 8.11. The van der Waals surface area contributed by atoms with Crippen LogP contribution in [0.4, 0.5) is 0 Å². The molecule has 0 atom stereocenters. The van der Waals surface area contributed by atoms with Gasteiger partial charge in [-0.3, -0.25) is 0 Å². The summed E-state index contributed by atoms with van der Waals surface area (Å²) in [5, 5.41) is 1.06. The van der Waals surface area contributed by atoms with Crippen LogP contribution in [-0.2, 0) is 5.75 Å². The number of nitrogens with zero attached hydrogens (tertiary/aromatic N) is 1. The minimum Gasteiger partial charge on any atom is -0.497 e. The van der Waals surface area contributed by atoms with E-state index in [1.165, 1.54) is 16.7 Å². The summed E-state index contributed by atoms with van der Waals surface area (Å²) >= 11 is 1.76. The molecule has 0 saturated carbocycles. The third-order valence-electron chi connectivity index (χ3n) is 3.39. The van der Waals surface area contributed by atoms with Crippen LogP contribution in [0.2, 0.25) is 0 Å². The summed E-state index contributed by atoms with van der Waals surface area (Å²) in [5.74, 6) is 1.78. The van der Waals surface area contributed by atoms with Crippen molar-refractivity contribution in [2.75, 3.05) is 7.11 Å². The summed E-state index contributed by atoms with van der Waals surface area (Å²) in [6.45, 7) is 0. The van der Waals surface area contributed by atoms with Crippen LogP contribution in [0.25, 0.3) is 11.1 Å². The molecular weight excluding hydrogens is 290 g/mol. The van der Waals surface area contributed by atoms with Gasteiger partial charge < -0.3 is 4.74 Å². The van der Waals surface area contributed by atoms with Crippen LogP contribution in [0.15, 0.2) is 78.0 Å². The average Bonchev–Trinajstić information content (AvgIpc) is 2.61. The summed E-state index contributed by atoms with van der Waals surface area (Å²) in [7, 11) is 1.68. The van der Waals surface area contributed by atoms with E-state index in [2.05, 4.69) is 47.4 Å². The molecule has 1 heterocycles. The van der Waals surface area contributed by atoms with E-state index >= 15 is 0 Å². The van der Waals surface area contributed by atoms with E-state index in [4.69, 9.17) is 4.74 Å². The smallest absolute Gasteiger partial charge is 0.118 e. The predicted octanol–water partition coefficient (Wildman–Crippen LogP) is 5.05. The topological polar surface area (TPSA) is 22.1 Å². The van der Waals surface area contributed by atoms with Crippen LogP contribution in [-0.4, -0.2) is 12.1 Å². The lowest BCUT2D eigenvalue weighted by Crippen LogP contribution is -1.88. The number of hydrogen-bond acceptors (Lipinski definition) is 3. The zero-order valence-electron chi connectivity index (χ0n) is 12.4. The summed E-state index contributed by atoms with van der Waals surface area (Å²) in [6, 6.07) is 22.7. The molecule has 0 N–H and O–H groups in total. The first-order valence-electron chi connectivity index (χ1n) is 7.13. The molecule has 0 fully saturated rings. The summed E-state index contributed by atoms with van der Waals surface area (Å²) in [4.78, 5) is 4.54. The van der Waals surface area contributed by atoms with Crippen molar-refractivity contribution in [3.05, 3.63) is 78.5 Å². The fraction of sp³-hybridized carbons (Fsp3) is 0.105. The highest BCUT2D eigenvalue weighted by Crippen LogP contribution is 2.31. The van der Waals surface area contributed by atoms with Crippen molar-refractivity contribution < 1.29 is 4.74 Å². The molecule has 0 spiro atoms. The molecule has 3 heteroatoms. The van der Waals surface area contributed by atoms with Gasteiger partial charge in [-0.05, 0) is 29.3 Å². The Morgan fingerprint density at radius 3 is 2.41 bits per heavy atom. The van der Waals surface area contributed by atoms with Crippen molar-refractivity contribution in [1.82, 2.24) is 4.98 Å². The molecule has 0 aliphatic rings. The highest BCUT2D eigenvalue weighted by Gasteiger charge is 2.06. The summed E-state index contributed by atoms with van der Waals surface area (Å²) in [6.07, 6.45) is 1.85. The summed E-state index contributed by atoms with van der Waals surface area (Å²) < 4.78 is 5.19. The number of rotatable bonds is 5. The first kappa shape index (κ1) is 14.7. The van der Waals surface area contributed by atoms with Gasteiger partial charge in [0, 0.05) is 17.5 Å². The maximum Gasteiger partial charge on any atom is 0.118 e. The molecule has 1 aromatic heterocycles. The maximum atomic E-state index is 5.19. The van der Waals surface area contributed by atoms with Crippen molar-refractivity contribution in [1.29, 1.82) is 0 Å². The zero-order valence-corrected chi connectivity index (χ0v) is 13.2. The fourth-order valence-corrected chi connectivity index (χ4v) is 3.19. The average molecular weight is 307 g/mol. The van der Waals surface area contributed by atoms with Gasteiger partial charge in [0.25, 0.3) is 0 Å². The third kappa shape index (κ3) is 3.49. The Balaban J connectivity index is 1.78. The lowest BCUT2D eigenvalue weighted by atomic mass is 10.1. The molecule has 0 aliphatic heterocycles. The van der Waals surface area contributed by atoms with Gasteiger partial charge in [-0.1, -0.05) is 48.5 Å². The molecule has 0 unspecified atom stereocenters. The monoisotopic (exact) mass is 307 g/mol. The minimum absolute atomic E-state index is 0.886. The minimum atomic E-state index is 0.886. The Morgan fingerprint density at radius 2 is 1.68 bits per heavy atom. The second-order valence-electron chi connectivity index (χ2n) is 4.86. The molecule has 110 valence electrons. The fourth-order valence-electron chi connectivity index (χ4n) is 2.22. The SMILES string of the molecule is COc1ccc(CSc2ncccc2-c2ccccc2)cc1. The van der Waals surface area contributed by atoms with Gasteiger partial charge in [-0.25, -0.2) is 4.98 Å². The number of benzene rings is 2. The van der Waals surface area contributed by atoms with Crippen LogP contribution in [0, 0.1) is 0 Å². The Kier molecular flexibility index (Phi) is 4.76. The molecule has 0 radical (unpaired) electrons. The third-order valence-corrected chi connectivity index (χ3v) is 4.47. The number of ether oxygens (including phenoxy) is 1. The van der Waals surface area contributed by atoms with Gasteiger partial charge in [0.1, 0.15) is 10.8 Å². The van der Waals surface area contributed by atoms with Crippen molar-refractivity contribution in [3.8, 4) is 16.9 Å². The Morgan fingerprint density at radius 1 is 0.909 bits per heavy atom. The highest BCUT2D eigenvalue weighted by atomic mass is 32.2. The molecule has 3 rings (SSSR count). The van der Waals surface area contributed by atoms with Crippen molar-refractivity contribution in [2.24, 2.45) is 0 Å². The molecule has 0 saturated heterocycles. The van der Waals surface area contributed by atoms with Crippen molar-refractivity contribution in [3.63, 3.8) is 0 Å². The van der Waals surface area contributed by atoms with Crippen molar-refractivity contribution >= 4 is 11.8 Å². The van der Waals surface area contributed by atoms with Gasteiger partial charge >= 0.3 is 0 Å². The molecule has 0 amide bonds. The molecule has 3 aromatic rings. The van der Waals surface area contributed by atoms with Gasteiger partial charge in [-0.15, -0.1) is 11.8 Å².